The van der Waals surface area contributed by atoms with Gasteiger partial charge in [0, 0.05) is 25.1 Å². The molecule has 2 amide bonds. The highest BCUT2D eigenvalue weighted by molar-refractivity contribution is 7.92. The number of nitrogens with one attached hydrogen (secondary N) is 1. The van der Waals surface area contributed by atoms with Gasteiger partial charge in [-0.25, -0.2) is 12.8 Å². The molecule has 1 atom stereocenters. The number of halogens is 1. The molecule has 1 N–H and O–H groups in total. The number of amides is 2. The van der Waals surface area contributed by atoms with E-state index in [0.717, 1.165) is 28.3 Å². The molecule has 47 heavy (non-hydrogen) atoms. The normalized spacial score (nSPS) is 11.8. The first-order valence-electron chi connectivity index (χ1n) is 15.8. The number of nitrogens with zero attached hydrogens (tertiary/aromatic N) is 2. The van der Waals surface area contributed by atoms with Crippen molar-refractivity contribution in [2.24, 2.45) is 0 Å². The average Bonchev–Trinajstić information content (AvgIpc) is 3.07. The summed E-state index contributed by atoms with van der Waals surface area (Å²) in [6, 6.07) is 27.0. The van der Waals surface area contributed by atoms with Crippen LogP contribution in [0.3, 0.4) is 0 Å². The summed E-state index contributed by atoms with van der Waals surface area (Å²) in [5.41, 5.74) is 2.19. The number of sulfonamides is 1. The quantitative estimate of drug-likeness (QED) is 0.143. The Kier molecular flexibility index (Phi) is 12.5. The highest BCUT2D eigenvalue weighted by atomic mass is 32.2. The van der Waals surface area contributed by atoms with Gasteiger partial charge in [-0.05, 0) is 68.3 Å². The van der Waals surface area contributed by atoms with E-state index in [1.54, 1.807) is 54.6 Å². The Bertz CT molecular complexity index is 1720. The number of rotatable bonds is 16. The van der Waals surface area contributed by atoms with Gasteiger partial charge in [0.1, 0.15) is 24.2 Å². The summed E-state index contributed by atoms with van der Waals surface area (Å²) in [7, 11) is -4.28. The predicted molar refractivity (Wildman–Crippen MR) is 182 cm³/mol. The number of unbranched alkanes of at least 4 members (excludes halogenated alkanes) is 1. The molecular weight excluding hydrogens is 617 g/mol. The van der Waals surface area contributed by atoms with Crippen LogP contribution < -0.4 is 14.4 Å². The van der Waals surface area contributed by atoms with Gasteiger partial charge in [0.05, 0.1) is 17.2 Å². The van der Waals surface area contributed by atoms with E-state index in [0.29, 0.717) is 18.9 Å². The van der Waals surface area contributed by atoms with Crippen molar-refractivity contribution in [3.8, 4) is 5.75 Å². The lowest BCUT2D eigenvalue weighted by Gasteiger charge is -2.34. The summed E-state index contributed by atoms with van der Waals surface area (Å²) in [6.45, 7) is 5.68. The Hall–Kier alpha value is -4.70. The third-order valence-corrected chi connectivity index (χ3v) is 9.51. The molecule has 8 nitrogen and oxygen atoms in total. The van der Waals surface area contributed by atoms with Gasteiger partial charge in [0.2, 0.25) is 11.8 Å². The lowest BCUT2D eigenvalue weighted by molar-refractivity contribution is -0.140. The van der Waals surface area contributed by atoms with Crippen LogP contribution in [0.1, 0.15) is 43.4 Å². The number of ether oxygens (including phenoxy) is 1. The molecule has 0 spiro atoms. The van der Waals surface area contributed by atoms with E-state index in [1.807, 2.05) is 51.1 Å². The van der Waals surface area contributed by atoms with E-state index >= 15 is 4.39 Å². The van der Waals surface area contributed by atoms with Crippen LogP contribution >= 0.6 is 0 Å². The number of anilines is 1. The smallest absolute Gasteiger partial charge is 0.264 e. The first-order chi connectivity index (χ1) is 22.6. The van der Waals surface area contributed by atoms with Crippen LogP contribution in [-0.4, -0.2) is 50.9 Å². The number of hydrogen-bond acceptors (Lipinski definition) is 5. The van der Waals surface area contributed by atoms with Crippen molar-refractivity contribution in [3.05, 3.63) is 126 Å². The zero-order chi connectivity index (χ0) is 33.8. The minimum absolute atomic E-state index is 0.0341. The van der Waals surface area contributed by atoms with Crippen molar-refractivity contribution in [2.45, 2.75) is 57.5 Å². The Morgan fingerprint density at radius 3 is 2.17 bits per heavy atom. The van der Waals surface area contributed by atoms with E-state index in [1.165, 1.54) is 23.1 Å². The molecule has 0 fully saturated rings. The maximum Gasteiger partial charge on any atom is 0.264 e. The summed E-state index contributed by atoms with van der Waals surface area (Å²) < 4.78 is 50.0. The van der Waals surface area contributed by atoms with Crippen LogP contribution in [0, 0.1) is 12.7 Å². The summed E-state index contributed by atoms with van der Waals surface area (Å²) in [5.74, 6) is -1.08. The topological polar surface area (TPSA) is 96.0 Å². The van der Waals surface area contributed by atoms with Crippen molar-refractivity contribution in [1.29, 1.82) is 0 Å². The molecule has 0 aromatic heterocycles. The summed E-state index contributed by atoms with van der Waals surface area (Å²) in [6.07, 6.45) is 1.75. The van der Waals surface area contributed by atoms with Gasteiger partial charge in [0.15, 0.2) is 0 Å². The Labute approximate surface area is 277 Å². The van der Waals surface area contributed by atoms with Crippen LogP contribution in [0.25, 0.3) is 0 Å². The number of aryl methyl sites for hydroxylation is 1. The molecule has 10 heteroatoms. The molecule has 0 saturated carbocycles. The molecule has 4 aromatic carbocycles. The highest BCUT2D eigenvalue weighted by Crippen LogP contribution is 2.27. The molecule has 4 rings (SSSR count). The van der Waals surface area contributed by atoms with Crippen LogP contribution in [0.5, 0.6) is 5.75 Å². The average molecular weight is 660 g/mol. The van der Waals surface area contributed by atoms with Crippen LogP contribution in [-0.2, 0) is 32.6 Å². The van der Waals surface area contributed by atoms with Crippen molar-refractivity contribution >= 4 is 27.5 Å². The zero-order valence-electron chi connectivity index (χ0n) is 27.1. The summed E-state index contributed by atoms with van der Waals surface area (Å²) in [5, 5.41) is 2.93. The first-order valence-corrected chi connectivity index (χ1v) is 17.2. The SMILES string of the molecule is CCCCNC(=O)C(Cc1ccccc1)N(Cc1ccccc1F)C(=O)CN(c1ccc(C)cc1)S(=O)(=O)c1ccc(OCC)cc1. The maximum absolute atomic E-state index is 15.1. The van der Waals surface area contributed by atoms with Crippen molar-refractivity contribution in [2.75, 3.05) is 24.0 Å². The van der Waals surface area contributed by atoms with Crippen molar-refractivity contribution < 1.29 is 27.1 Å². The second kappa shape index (κ2) is 16.7. The number of hydrogen-bond donors (Lipinski definition) is 1. The molecule has 0 radical (unpaired) electrons. The van der Waals surface area contributed by atoms with Gasteiger partial charge < -0.3 is 15.0 Å². The van der Waals surface area contributed by atoms with Gasteiger partial charge in [-0.15, -0.1) is 0 Å². The van der Waals surface area contributed by atoms with Gasteiger partial charge in [-0.1, -0.05) is 79.6 Å². The molecule has 0 aliphatic carbocycles. The third-order valence-electron chi connectivity index (χ3n) is 7.72. The van der Waals surface area contributed by atoms with Crippen molar-refractivity contribution in [1.82, 2.24) is 10.2 Å². The minimum Gasteiger partial charge on any atom is -0.494 e. The van der Waals surface area contributed by atoms with Crippen molar-refractivity contribution in [3.63, 3.8) is 0 Å². The van der Waals surface area contributed by atoms with Crippen LogP contribution in [0.15, 0.2) is 108 Å². The monoisotopic (exact) mass is 659 g/mol. The molecule has 1 unspecified atom stereocenters. The van der Waals surface area contributed by atoms with Crippen LogP contribution in [0.2, 0.25) is 0 Å². The molecule has 0 bridgehead atoms. The van der Waals surface area contributed by atoms with E-state index < -0.39 is 40.2 Å². The van der Waals surface area contributed by atoms with Gasteiger partial charge in [0.25, 0.3) is 10.0 Å². The third kappa shape index (κ3) is 9.42. The summed E-state index contributed by atoms with van der Waals surface area (Å²) >= 11 is 0. The fourth-order valence-electron chi connectivity index (χ4n) is 5.11. The second-order valence-corrected chi connectivity index (χ2v) is 13.1. The Morgan fingerprint density at radius 1 is 0.872 bits per heavy atom. The predicted octanol–water partition coefficient (Wildman–Crippen LogP) is 6.28. The molecule has 248 valence electrons. The fourth-order valence-corrected chi connectivity index (χ4v) is 6.53. The van der Waals surface area contributed by atoms with E-state index in [2.05, 4.69) is 5.32 Å². The molecule has 0 heterocycles. The number of carbonyl (C=O) groups is 2. The largest absolute Gasteiger partial charge is 0.494 e. The first kappa shape index (κ1) is 35.2. The number of benzene rings is 4. The molecular formula is C37H42FN3O5S. The Morgan fingerprint density at radius 2 is 1.53 bits per heavy atom. The molecule has 0 saturated heterocycles. The number of carbonyl (C=O) groups excluding carboxylic acids is 2. The minimum atomic E-state index is -4.28. The Balaban J connectivity index is 1.78. The molecule has 4 aromatic rings. The van der Waals surface area contributed by atoms with E-state index in [4.69, 9.17) is 4.74 Å². The van der Waals surface area contributed by atoms with Gasteiger partial charge >= 0.3 is 0 Å². The maximum atomic E-state index is 15.1. The molecule has 0 aliphatic heterocycles. The van der Waals surface area contributed by atoms with E-state index in [9.17, 15) is 18.0 Å². The summed E-state index contributed by atoms with van der Waals surface area (Å²) in [4.78, 5) is 29.5. The fraction of sp³-hybridized carbons (Fsp3) is 0.297. The standard InChI is InChI=1S/C37H42FN3O5S/c1-4-6-24-39-37(43)35(25-29-12-8-7-9-13-29)40(26-30-14-10-11-15-34(30)38)36(42)27-41(31-18-16-28(3)17-19-31)47(44,45)33-22-20-32(21-23-33)46-5-2/h7-23,35H,4-6,24-27H2,1-3H3,(H,39,43). The lowest BCUT2D eigenvalue weighted by Crippen LogP contribution is -2.53. The van der Waals surface area contributed by atoms with E-state index in [-0.39, 0.29) is 29.1 Å². The van der Waals surface area contributed by atoms with Gasteiger partial charge in [-0.3, -0.25) is 13.9 Å². The lowest BCUT2D eigenvalue weighted by atomic mass is 10.0. The van der Waals surface area contributed by atoms with Gasteiger partial charge in [-0.2, -0.15) is 0 Å². The zero-order valence-corrected chi connectivity index (χ0v) is 27.9. The molecule has 0 aliphatic rings. The van der Waals surface area contributed by atoms with Crippen LogP contribution in [0.4, 0.5) is 10.1 Å². The highest BCUT2D eigenvalue weighted by Gasteiger charge is 2.35. The second-order valence-electron chi connectivity index (χ2n) is 11.2.